The molecule has 0 bridgehead atoms. The van der Waals surface area contributed by atoms with Crippen LogP contribution >= 0.6 is 0 Å². The number of hydrogen-bond acceptors (Lipinski definition) is 8. The largest absolute Gasteiger partial charge is 0.391 e. The van der Waals surface area contributed by atoms with Crippen molar-refractivity contribution in [2.75, 3.05) is 29.0 Å². The maximum absolute atomic E-state index is 12.6. The molecular weight excluding hydrogens is 362 g/mol. The number of carbonyl (C=O) groups excluding carboxylic acids is 1. The van der Waals surface area contributed by atoms with Crippen LogP contribution in [0, 0.1) is 6.92 Å². The van der Waals surface area contributed by atoms with Gasteiger partial charge in [-0.2, -0.15) is 15.1 Å². The van der Waals surface area contributed by atoms with Gasteiger partial charge in [-0.3, -0.25) is 4.79 Å². The molecule has 1 atom stereocenters. The number of nitrogens with zero attached hydrogens (tertiary/aromatic N) is 7. The molecule has 1 saturated heterocycles. The van der Waals surface area contributed by atoms with Gasteiger partial charge in [-0.25, -0.2) is 9.67 Å². The van der Waals surface area contributed by atoms with Gasteiger partial charge in [0.25, 0.3) is 0 Å². The number of nitrogens with one attached hydrogen (secondary N) is 1. The van der Waals surface area contributed by atoms with Gasteiger partial charge in [0.05, 0.1) is 18.1 Å². The van der Waals surface area contributed by atoms with Crippen molar-refractivity contribution in [1.82, 2.24) is 29.3 Å². The van der Waals surface area contributed by atoms with Crippen molar-refractivity contribution in [1.29, 1.82) is 0 Å². The van der Waals surface area contributed by atoms with Crippen LogP contribution in [0.5, 0.6) is 0 Å². The van der Waals surface area contributed by atoms with Crippen LogP contribution in [0.4, 0.5) is 17.6 Å². The summed E-state index contributed by atoms with van der Waals surface area (Å²) in [5.41, 5.74) is 7.77. The molecule has 3 aromatic rings. The standard InChI is InChI=1S/C17H23N9O2/c1-3-26-12(6-10(2)23-26)20-13(28)8-25-9-19-14-15(21-17(18)22-16(14)25)24-5-4-11(27)7-24/h6,9,11,27H,3-5,7-8H2,1-2H3,(H,20,28)(H2,18,21,22)/t11-/m1/s1. The Morgan fingerprint density at radius 1 is 1.43 bits per heavy atom. The molecule has 0 saturated carbocycles. The summed E-state index contributed by atoms with van der Waals surface area (Å²) in [6, 6.07) is 1.82. The van der Waals surface area contributed by atoms with Crippen molar-refractivity contribution in [2.24, 2.45) is 0 Å². The first kappa shape index (κ1) is 18.2. The van der Waals surface area contributed by atoms with Crippen LogP contribution in [-0.4, -0.2) is 59.5 Å². The lowest BCUT2D eigenvalue weighted by atomic mass is 10.3. The SMILES string of the molecule is CCn1nc(C)cc1NC(=O)Cn1cnc2c(N3CC[C@@H](O)C3)nc(N)nc21. The molecule has 4 heterocycles. The van der Waals surface area contributed by atoms with E-state index in [1.165, 1.54) is 0 Å². The maximum atomic E-state index is 12.6. The van der Waals surface area contributed by atoms with Gasteiger partial charge in [-0.1, -0.05) is 0 Å². The molecule has 148 valence electrons. The number of hydrogen-bond donors (Lipinski definition) is 3. The summed E-state index contributed by atoms with van der Waals surface area (Å²) in [7, 11) is 0. The second-order valence-electron chi connectivity index (χ2n) is 6.87. The number of nitrogen functional groups attached to an aromatic ring is 1. The van der Waals surface area contributed by atoms with Crippen molar-refractivity contribution in [3.63, 3.8) is 0 Å². The fourth-order valence-corrected chi connectivity index (χ4v) is 3.44. The minimum absolute atomic E-state index is 0.0307. The lowest BCUT2D eigenvalue weighted by Crippen LogP contribution is -2.23. The number of aliphatic hydroxyl groups is 1. The smallest absolute Gasteiger partial charge is 0.245 e. The van der Waals surface area contributed by atoms with E-state index in [4.69, 9.17) is 5.73 Å². The number of β-amino-alcohol motifs (C(OH)–C–C–N with tert-alkyl or cyclic N) is 1. The predicted molar refractivity (Wildman–Crippen MR) is 104 cm³/mol. The van der Waals surface area contributed by atoms with E-state index in [-0.39, 0.29) is 18.4 Å². The molecule has 0 aromatic carbocycles. The summed E-state index contributed by atoms with van der Waals surface area (Å²) in [4.78, 5) is 27.4. The van der Waals surface area contributed by atoms with E-state index in [0.717, 1.165) is 5.69 Å². The number of aromatic nitrogens is 6. The van der Waals surface area contributed by atoms with Crippen LogP contribution in [0.2, 0.25) is 0 Å². The zero-order valence-corrected chi connectivity index (χ0v) is 15.8. The minimum Gasteiger partial charge on any atom is -0.391 e. The van der Waals surface area contributed by atoms with Crippen molar-refractivity contribution in [2.45, 2.75) is 39.5 Å². The highest BCUT2D eigenvalue weighted by Crippen LogP contribution is 2.26. The summed E-state index contributed by atoms with van der Waals surface area (Å²) < 4.78 is 3.37. The molecule has 1 amide bonds. The molecule has 0 aliphatic carbocycles. The molecule has 3 aromatic heterocycles. The van der Waals surface area contributed by atoms with Gasteiger partial charge in [0.2, 0.25) is 11.9 Å². The Kier molecular flexibility index (Phi) is 4.59. The Balaban J connectivity index is 1.59. The van der Waals surface area contributed by atoms with Crippen LogP contribution < -0.4 is 16.0 Å². The summed E-state index contributed by atoms with van der Waals surface area (Å²) >= 11 is 0. The summed E-state index contributed by atoms with van der Waals surface area (Å²) in [5.74, 6) is 1.11. The molecule has 11 heteroatoms. The Bertz CT molecular complexity index is 1030. The van der Waals surface area contributed by atoms with E-state index < -0.39 is 6.10 Å². The third-order valence-electron chi connectivity index (χ3n) is 4.71. The van der Waals surface area contributed by atoms with Crippen molar-refractivity contribution in [3.8, 4) is 0 Å². The van der Waals surface area contributed by atoms with E-state index in [9.17, 15) is 9.90 Å². The van der Waals surface area contributed by atoms with Gasteiger partial charge >= 0.3 is 0 Å². The molecule has 1 aliphatic heterocycles. The number of fused-ring (bicyclic) bond motifs is 1. The van der Waals surface area contributed by atoms with Crippen LogP contribution in [0.15, 0.2) is 12.4 Å². The number of amides is 1. The zero-order chi connectivity index (χ0) is 19.8. The maximum Gasteiger partial charge on any atom is 0.245 e. The fraction of sp³-hybridized carbons (Fsp3) is 0.471. The van der Waals surface area contributed by atoms with Crippen LogP contribution in [-0.2, 0) is 17.9 Å². The average molecular weight is 385 g/mol. The topological polar surface area (TPSA) is 140 Å². The summed E-state index contributed by atoms with van der Waals surface area (Å²) in [6.07, 6.45) is 1.82. The molecule has 4 rings (SSSR count). The Labute approximate surface area is 161 Å². The average Bonchev–Trinajstić information content (AvgIpc) is 3.34. The number of nitrogens with two attached hydrogens (primary N) is 1. The Hall–Kier alpha value is -3.21. The highest BCUT2D eigenvalue weighted by atomic mass is 16.3. The molecule has 4 N–H and O–H groups in total. The molecule has 0 spiro atoms. The Morgan fingerprint density at radius 2 is 2.25 bits per heavy atom. The van der Waals surface area contributed by atoms with Crippen LogP contribution in [0.1, 0.15) is 19.0 Å². The highest BCUT2D eigenvalue weighted by Gasteiger charge is 2.25. The molecular formula is C17H23N9O2. The van der Waals surface area contributed by atoms with Gasteiger partial charge in [-0.05, 0) is 20.3 Å². The third-order valence-corrected chi connectivity index (χ3v) is 4.71. The predicted octanol–water partition coefficient (Wildman–Crippen LogP) is 0.143. The quantitative estimate of drug-likeness (QED) is 0.563. The van der Waals surface area contributed by atoms with Crippen LogP contribution in [0.3, 0.4) is 0 Å². The van der Waals surface area contributed by atoms with Gasteiger partial charge in [-0.15, -0.1) is 0 Å². The number of aliphatic hydroxyl groups excluding tert-OH is 1. The van der Waals surface area contributed by atoms with E-state index in [1.807, 2.05) is 24.8 Å². The first-order chi connectivity index (χ1) is 13.4. The molecule has 1 fully saturated rings. The molecule has 0 unspecified atom stereocenters. The lowest BCUT2D eigenvalue weighted by Gasteiger charge is -2.17. The van der Waals surface area contributed by atoms with Gasteiger partial charge in [0, 0.05) is 25.7 Å². The second kappa shape index (κ2) is 7.08. The van der Waals surface area contributed by atoms with Gasteiger partial charge in [0.1, 0.15) is 12.4 Å². The van der Waals surface area contributed by atoms with Gasteiger partial charge in [0.15, 0.2) is 17.0 Å². The first-order valence-electron chi connectivity index (χ1n) is 9.20. The summed E-state index contributed by atoms with van der Waals surface area (Å²) in [6.45, 7) is 5.67. The molecule has 11 nitrogen and oxygen atoms in total. The van der Waals surface area contributed by atoms with E-state index in [2.05, 4.69) is 25.4 Å². The normalized spacial score (nSPS) is 16.8. The number of carbonyl (C=O) groups is 1. The Morgan fingerprint density at radius 3 is 2.96 bits per heavy atom. The highest BCUT2D eigenvalue weighted by molar-refractivity contribution is 5.91. The van der Waals surface area contributed by atoms with Gasteiger partial charge < -0.3 is 25.6 Å². The van der Waals surface area contributed by atoms with E-state index in [1.54, 1.807) is 15.6 Å². The zero-order valence-electron chi connectivity index (χ0n) is 15.8. The summed E-state index contributed by atoms with van der Waals surface area (Å²) in [5, 5.41) is 17.0. The van der Waals surface area contributed by atoms with Crippen molar-refractivity contribution in [3.05, 3.63) is 18.1 Å². The second-order valence-corrected chi connectivity index (χ2v) is 6.87. The van der Waals surface area contributed by atoms with E-state index >= 15 is 0 Å². The number of aryl methyl sites for hydroxylation is 2. The van der Waals surface area contributed by atoms with Crippen LogP contribution in [0.25, 0.3) is 11.2 Å². The van der Waals surface area contributed by atoms with Crippen molar-refractivity contribution < 1.29 is 9.90 Å². The first-order valence-corrected chi connectivity index (χ1v) is 9.20. The van der Waals surface area contributed by atoms with Crippen molar-refractivity contribution >= 4 is 34.7 Å². The third kappa shape index (κ3) is 3.36. The number of imidazole rings is 1. The molecule has 1 aliphatic rings. The molecule has 28 heavy (non-hydrogen) atoms. The van der Waals surface area contributed by atoms with E-state index in [0.29, 0.717) is 48.9 Å². The molecule has 0 radical (unpaired) electrons. The minimum atomic E-state index is -0.397. The lowest BCUT2D eigenvalue weighted by molar-refractivity contribution is -0.116. The number of anilines is 3. The number of rotatable bonds is 5. The fourth-order valence-electron chi connectivity index (χ4n) is 3.44. The monoisotopic (exact) mass is 385 g/mol.